The molecule has 0 saturated heterocycles. The molecule has 1 unspecified atom stereocenters. The van der Waals surface area contributed by atoms with Crippen LogP contribution in [0, 0.1) is 5.82 Å². The van der Waals surface area contributed by atoms with Crippen LogP contribution < -0.4 is 9.47 Å². The Morgan fingerprint density at radius 3 is 2.67 bits per heavy atom. The highest BCUT2D eigenvalue weighted by Crippen LogP contribution is 2.49. The average molecular weight is 422 g/mol. The maximum Gasteiger partial charge on any atom is 0.279 e. The second-order valence-electron chi connectivity index (χ2n) is 6.63. The third-order valence-corrected chi connectivity index (χ3v) is 5.99. The number of ether oxygens (including phenoxy) is 2. The van der Waals surface area contributed by atoms with Crippen molar-refractivity contribution in [2.45, 2.75) is 5.37 Å². The smallest absolute Gasteiger partial charge is 0.279 e. The Bertz CT molecular complexity index is 1170. The van der Waals surface area contributed by atoms with Gasteiger partial charge in [0.1, 0.15) is 22.0 Å². The van der Waals surface area contributed by atoms with Crippen LogP contribution in [-0.4, -0.2) is 27.9 Å². The van der Waals surface area contributed by atoms with E-state index in [1.807, 2.05) is 12.1 Å². The van der Waals surface area contributed by atoms with Crippen LogP contribution in [-0.2, 0) is 0 Å². The van der Waals surface area contributed by atoms with Crippen LogP contribution in [0.3, 0.4) is 0 Å². The van der Waals surface area contributed by atoms with Crippen molar-refractivity contribution in [3.63, 3.8) is 0 Å². The lowest BCUT2D eigenvalue weighted by Gasteiger charge is -2.22. The van der Waals surface area contributed by atoms with Crippen LogP contribution in [0.25, 0.3) is 0 Å². The van der Waals surface area contributed by atoms with Gasteiger partial charge in [-0.3, -0.25) is 4.79 Å². The number of hydrogen-bond donors (Lipinski definition) is 1. The number of thioether (sulfide) groups is 1. The molecule has 2 heterocycles. The van der Waals surface area contributed by atoms with Crippen molar-refractivity contribution < 1.29 is 23.8 Å². The van der Waals surface area contributed by atoms with E-state index in [1.54, 1.807) is 36.4 Å². The molecule has 1 N–H and O–H groups in total. The van der Waals surface area contributed by atoms with E-state index in [9.17, 15) is 14.3 Å². The van der Waals surface area contributed by atoms with Crippen molar-refractivity contribution in [3.8, 4) is 17.2 Å². The molecule has 0 fully saturated rings. The molecule has 2 aliphatic rings. The first-order valence-corrected chi connectivity index (χ1v) is 10.0. The average Bonchev–Trinajstić information content (AvgIpc) is 3.41. The molecule has 30 heavy (non-hydrogen) atoms. The number of benzene rings is 3. The lowest BCUT2D eigenvalue weighted by Crippen LogP contribution is -2.26. The van der Waals surface area contributed by atoms with Gasteiger partial charge in [0.15, 0.2) is 11.5 Å². The van der Waals surface area contributed by atoms with Crippen molar-refractivity contribution in [1.29, 1.82) is 0 Å². The molecule has 3 aromatic rings. The van der Waals surface area contributed by atoms with Gasteiger partial charge in [-0.15, -0.1) is 0 Å². The van der Waals surface area contributed by atoms with E-state index in [2.05, 4.69) is 5.10 Å². The minimum absolute atomic E-state index is 0.100. The maximum atomic E-state index is 13.4. The quantitative estimate of drug-likeness (QED) is 0.673. The van der Waals surface area contributed by atoms with Gasteiger partial charge in [0.2, 0.25) is 6.79 Å². The molecule has 2 aliphatic heterocycles. The van der Waals surface area contributed by atoms with Gasteiger partial charge in [-0.05, 0) is 42.5 Å². The number of phenols is 1. The van der Waals surface area contributed by atoms with Crippen molar-refractivity contribution >= 4 is 22.7 Å². The molecular formula is C22H15FN2O4S. The zero-order chi connectivity index (χ0) is 20.7. The topological polar surface area (TPSA) is 71.4 Å². The van der Waals surface area contributed by atoms with E-state index in [4.69, 9.17) is 9.47 Å². The Kier molecular flexibility index (Phi) is 4.55. The van der Waals surface area contributed by atoms with Gasteiger partial charge in [0.05, 0.1) is 5.56 Å². The number of phenolic OH excluding ortho intramolecular Hbond substituents is 1. The van der Waals surface area contributed by atoms with E-state index in [-0.39, 0.29) is 23.9 Å². The summed E-state index contributed by atoms with van der Waals surface area (Å²) in [6.07, 6.45) is 0. The van der Waals surface area contributed by atoms with Crippen molar-refractivity contribution in [1.82, 2.24) is 5.01 Å². The molecule has 1 amide bonds. The van der Waals surface area contributed by atoms with Crippen molar-refractivity contribution in [2.24, 2.45) is 5.10 Å². The highest BCUT2D eigenvalue weighted by molar-refractivity contribution is 8.14. The highest BCUT2D eigenvalue weighted by atomic mass is 32.2. The lowest BCUT2D eigenvalue weighted by atomic mass is 10.1. The van der Waals surface area contributed by atoms with Gasteiger partial charge in [-0.25, -0.2) is 9.40 Å². The Labute approximate surface area is 175 Å². The molecule has 3 aromatic carbocycles. The van der Waals surface area contributed by atoms with Crippen LogP contribution in [0.15, 0.2) is 71.8 Å². The van der Waals surface area contributed by atoms with Gasteiger partial charge in [-0.2, -0.15) is 5.10 Å². The number of carbonyl (C=O) groups is 1. The summed E-state index contributed by atoms with van der Waals surface area (Å²) in [7, 11) is 0. The largest absolute Gasteiger partial charge is 0.507 e. The summed E-state index contributed by atoms with van der Waals surface area (Å²) < 4.78 is 24.5. The number of nitrogens with zero attached hydrogens (tertiary/aromatic N) is 2. The molecule has 5 rings (SSSR count). The SMILES string of the molecule is O=C(c1ccccc1O)N1N=C(c2ccc(F)cc2)SC1c1cccc2c1OCO2. The van der Waals surface area contributed by atoms with E-state index in [0.717, 1.165) is 5.56 Å². The molecule has 0 aromatic heterocycles. The molecule has 150 valence electrons. The molecule has 0 aliphatic carbocycles. The lowest BCUT2D eigenvalue weighted by molar-refractivity contribution is 0.0744. The first-order chi connectivity index (χ1) is 14.6. The summed E-state index contributed by atoms with van der Waals surface area (Å²) in [5, 5.41) is 16.0. The number of fused-ring (bicyclic) bond motifs is 1. The molecule has 0 bridgehead atoms. The summed E-state index contributed by atoms with van der Waals surface area (Å²) >= 11 is 1.34. The van der Waals surface area contributed by atoms with Crippen LogP contribution >= 0.6 is 11.8 Å². The number of halogens is 1. The van der Waals surface area contributed by atoms with Gasteiger partial charge >= 0.3 is 0 Å². The Balaban J connectivity index is 1.59. The van der Waals surface area contributed by atoms with E-state index in [1.165, 1.54) is 35.0 Å². The molecule has 0 saturated carbocycles. The molecule has 1 atom stereocenters. The number of carbonyl (C=O) groups excluding carboxylic acids is 1. The predicted molar refractivity (Wildman–Crippen MR) is 110 cm³/mol. The standard InChI is InChI=1S/C22H15FN2O4S/c23-14-10-8-13(9-11-14)20-24-25(21(27)15-4-1-2-6-17(15)26)22(30-20)16-5-3-7-18-19(16)29-12-28-18/h1-11,22,26H,12H2. The summed E-state index contributed by atoms with van der Waals surface area (Å²) in [5.74, 6) is 0.209. The first kappa shape index (κ1) is 18.5. The third-order valence-electron chi connectivity index (χ3n) is 4.77. The molecular weight excluding hydrogens is 407 g/mol. The normalized spacial score (nSPS) is 17.2. The monoisotopic (exact) mass is 422 g/mol. The second-order valence-corrected chi connectivity index (χ2v) is 7.70. The van der Waals surface area contributed by atoms with E-state index < -0.39 is 11.3 Å². The fourth-order valence-corrected chi connectivity index (χ4v) is 4.49. The Morgan fingerprint density at radius 2 is 1.87 bits per heavy atom. The van der Waals surface area contributed by atoms with Crippen LogP contribution in [0.4, 0.5) is 4.39 Å². The highest BCUT2D eigenvalue weighted by Gasteiger charge is 2.38. The summed E-state index contributed by atoms with van der Waals surface area (Å²) in [6.45, 7) is 0.100. The van der Waals surface area contributed by atoms with Gasteiger partial charge in [0.25, 0.3) is 5.91 Å². The fourth-order valence-electron chi connectivity index (χ4n) is 3.32. The molecule has 8 heteroatoms. The van der Waals surface area contributed by atoms with Gasteiger partial charge in [0, 0.05) is 11.1 Å². The minimum Gasteiger partial charge on any atom is -0.507 e. The third kappa shape index (κ3) is 3.15. The first-order valence-electron chi connectivity index (χ1n) is 9.13. The molecule has 6 nitrogen and oxygen atoms in total. The fraction of sp³-hybridized carbons (Fsp3) is 0.0909. The number of aromatic hydroxyl groups is 1. The maximum absolute atomic E-state index is 13.4. The Morgan fingerprint density at radius 1 is 1.07 bits per heavy atom. The van der Waals surface area contributed by atoms with Crippen LogP contribution in [0.1, 0.15) is 26.9 Å². The number of amides is 1. The summed E-state index contributed by atoms with van der Waals surface area (Å²) in [6, 6.07) is 17.7. The second kappa shape index (κ2) is 7.38. The van der Waals surface area contributed by atoms with Gasteiger partial charge < -0.3 is 14.6 Å². The molecule has 0 spiro atoms. The van der Waals surface area contributed by atoms with Crippen LogP contribution in [0.2, 0.25) is 0 Å². The number of hydrazone groups is 1. The Hall–Kier alpha value is -3.52. The number of rotatable bonds is 3. The van der Waals surface area contributed by atoms with Crippen molar-refractivity contribution in [3.05, 3.63) is 89.2 Å². The molecule has 0 radical (unpaired) electrons. The summed E-state index contributed by atoms with van der Waals surface area (Å²) in [5.41, 5.74) is 1.54. The predicted octanol–water partition coefficient (Wildman–Crippen LogP) is 4.51. The van der Waals surface area contributed by atoms with Gasteiger partial charge in [-0.1, -0.05) is 36.0 Å². The summed E-state index contributed by atoms with van der Waals surface area (Å²) in [4.78, 5) is 13.3. The van der Waals surface area contributed by atoms with Crippen LogP contribution in [0.5, 0.6) is 17.2 Å². The number of para-hydroxylation sites is 2. The zero-order valence-corrected chi connectivity index (χ0v) is 16.3. The number of hydrogen-bond acceptors (Lipinski definition) is 6. The van der Waals surface area contributed by atoms with Crippen molar-refractivity contribution in [2.75, 3.05) is 6.79 Å². The zero-order valence-electron chi connectivity index (χ0n) is 15.5. The van der Waals surface area contributed by atoms with E-state index in [0.29, 0.717) is 22.1 Å². The van der Waals surface area contributed by atoms with E-state index >= 15 is 0 Å². The minimum atomic E-state index is -0.547.